The lowest BCUT2D eigenvalue weighted by Gasteiger charge is -2.18. The maximum atomic E-state index is 12.0. The molecule has 0 heterocycles. The van der Waals surface area contributed by atoms with Crippen LogP contribution in [0.25, 0.3) is 0 Å². The van der Waals surface area contributed by atoms with E-state index in [1.165, 1.54) is 5.56 Å². The van der Waals surface area contributed by atoms with Crippen LogP contribution in [0.3, 0.4) is 0 Å². The van der Waals surface area contributed by atoms with Gasteiger partial charge >= 0.3 is 12.1 Å². The van der Waals surface area contributed by atoms with Gasteiger partial charge in [-0.2, -0.15) is 0 Å². The number of hydrogen-bond donors (Lipinski definition) is 0. The maximum absolute atomic E-state index is 12.0. The molecular formula is C17H24O5. The largest absolute Gasteiger partial charge is 0.508 e. The van der Waals surface area contributed by atoms with Gasteiger partial charge in [-0.3, -0.25) is 0 Å². The van der Waals surface area contributed by atoms with Crippen molar-refractivity contribution in [2.24, 2.45) is 0 Å². The van der Waals surface area contributed by atoms with Gasteiger partial charge in [0.2, 0.25) is 0 Å². The molecule has 122 valence electrons. The Bertz CT molecular complexity index is 480. The summed E-state index contributed by atoms with van der Waals surface area (Å²) in [7, 11) is 0. The minimum absolute atomic E-state index is 0.268. The van der Waals surface area contributed by atoms with E-state index in [-0.39, 0.29) is 24.8 Å². The van der Waals surface area contributed by atoms with Gasteiger partial charge < -0.3 is 14.2 Å². The first-order valence-corrected chi connectivity index (χ1v) is 7.59. The third-order valence-corrected chi connectivity index (χ3v) is 3.13. The highest BCUT2D eigenvalue weighted by Crippen LogP contribution is 2.11. The summed E-state index contributed by atoms with van der Waals surface area (Å²) in [6, 6.07) is 7.33. The predicted molar refractivity (Wildman–Crippen MR) is 82.9 cm³/mol. The smallest absolute Gasteiger partial charge is 0.459 e. The molecule has 2 atom stereocenters. The fourth-order valence-corrected chi connectivity index (χ4v) is 2.01. The molecule has 0 saturated heterocycles. The van der Waals surface area contributed by atoms with Gasteiger partial charge in [-0.05, 0) is 44.9 Å². The van der Waals surface area contributed by atoms with E-state index in [9.17, 15) is 9.59 Å². The molecule has 22 heavy (non-hydrogen) atoms. The van der Waals surface area contributed by atoms with Gasteiger partial charge in [-0.1, -0.05) is 19.1 Å². The first-order valence-electron chi connectivity index (χ1n) is 7.59. The van der Waals surface area contributed by atoms with Gasteiger partial charge in [0.25, 0.3) is 0 Å². The maximum Gasteiger partial charge on any atom is 0.508 e. The molecule has 0 fully saturated rings. The van der Waals surface area contributed by atoms with E-state index >= 15 is 0 Å². The van der Waals surface area contributed by atoms with E-state index in [1.807, 2.05) is 12.1 Å². The summed E-state index contributed by atoms with van der Waals surface area (Å²) in [5.74, 6) is -0.376. The van der Waals surface area contributed by atoms with E-state index in [2.05, 4.69) is 6.92 Å². The molecule has 0 aliphatic carbocycles. The van der Waals surface area contributed by atoms with Crippen LogP contribution >= 0.6 is 0 Å². The summed E-state index contributed by atoms with van der Waals surface area (Å²) >= 11 is 0. The molecule has 2 unspecified atom stereocenters. The van der Waals surface area contributed by atoms with E-state index in [1.54, 1.807) is 32.9 Å². The second kappa shape index (κ2) is 9.07. The summed E-state index contributed by atoms with van der Waals surface area (Å²) < 4.78 is 15.1. The fraction of sp³-hybridized carbons (Fsp3) is 0.529. The van der Waals surface area contributed by atoms with Crippen molar-refractivity contribution in [3.8, 4) is 0 Å². The number of esters is 1. The lowest BCUT2D eigenvalue weighted by atomic mass is 10.1. The first-order chi connectivity index (χ1) is 10.5. The van der Waals surface area contributed by atoms with Crippen LogP contribution in [0.2, 0.25) is 0 Å². The van der Waals surface area contributed by atoms with Crippen molar-refractivity contribution in [1.82, 2.24) is 0 Å². The Labute approximate surface area is 131 Å². The number of ether oxygens (including phenoxy) is 3. The molecule has 0 aromatic heterocycles. The van der Waals surface area contributed by atoms with Crippen molar-refractivity contribution >= 4 is 12.1 Å². The molecule has 0 saturated carbocycles. The molecule has 0 spiro atoms. The molecule has 1 aromatic rings. The van der Waals surface area contributed by atoms with Gasteiger partial charge in [0.1, 0.15) is 12.2 Å². The summed E-state index contributed by atoms with van der Waals surface area (Å²) in [4.78, 5) is 23.2. The topological polar surface area (TPSA) is 61.8 Å². The van der Waals surface area contributed by atoms with Crippen LogP contribution in [0.4, 0.5) is 4.79 Å². The molecule has 0 aliphatic rings. The Balaban J connectivity index is 2.44. The van der Waals surface area contributed by atoms with Crippen LogP contribution in [-0.2, 0) is 20.6 Å². The van der Waals surface area contributed by atoms with E-state index in [0.29, 0.717) is 12.0 Å². The Hall–Kier alpha value is -2.04. The number of rotatable bonds is 7. The molecule has 0 aliphatic heterocycles. The third-order valence-electron chi connectivity index (χ3n) is 3.13. The number of aryl methyl sites for hydroxylation is 1. The molecule has 0 bridgehead atoms. The van der Waals surface area contributed by atoms with Crippen molar-refractivity contribution in [1.29, 1.82) is 0 Å². The number of carbonyl (C=O) groups is 2. The van der Waals surface area contributed by atoms with Gasteiger partial charge in [0.05, 0.1) is 12.2 Å². The molecular weight excluding hydrogens is 284 g/mol. The summed E-state index contributed by atoms with van der Waals surface area (Å²) in [6.07, 6.45) is -0.109. The minimum Gasteiger partial charge on any atom is -0.459 e. The molecule has 0 radical (unpaired) electrons. The van der Waals surface area contributed by atoms with Crippen molar-refractivity contribution in [3.63, 3.8) is 0 Å². The molecule has 0 N–H and O–H groups in total. The molecule has 0 amide bonds. The van der Waals surface area contributed by atoms with Gasteiger partial charge in [-0.15, -0.1) is 0 Å². The second-order valence-electron chi connectivity index (χ2n) is 5.11. The standard InChI is InChI=1S/C17H24O5/c1-5-14-7-9-15(10-8-14)16(18)21-12(3)11-13(4)22-17(19)20-6-2/h7-10,12-13H,5-6,11H2,1-4H3. The third kappa shape index (κ3) is 6.16. The quantitative estimate of drug-likeness (QED) is 0.718. The monoisotopic (exact) mass is 308 g/mol. The van der Waals surface area contributed by atoms with Crippen LogP contribution in [0.5, 0.6) is 0 Å². The zero-order valence-corrected chi connectivity index (χ0v) is 13.6. The Morgan fingerprint density at radius 3 is 2.14 bits per heavy atom. The fourth-order valence-electron chi connectivity index (χ4n) is 2.01. The van der Waals surface area contributed by atoms with Crippen LogP contribution in [-0.4, -0.2) is 30.9 Å². The average molecular weight is 308 g/mol. The molecule has 5 heteroatoms. The zero-order chi connectivity index (χ0) is 16.5. The Morgan fingerprint density at radius 1 is 1.00 bits per heavy atom. The number of benzene rings is 1. The van der Waals surface area contributed by atoms with Gasteiger partial charge in [-0.25, -0.2) is 9.59 Å². The average Bonchev–Trinajstić information content (AvgIpc) is 2.47. The van der Waals surface area contributed by atoms with Crippen molar-refractivity contribution in [2.45, 2.75) is 52.7 Å². The predicted octanol–water partition coefficient (Wildman–Crippen LogP) is 3.75. The Morgan fingerprint density at radius 2 is 1.59 bits per heavy atom. The van der Waals surface area contributed by atoms with E-state index in [4.69, 9.17) is 14.2 Å². The van der Waals surface area contributed by atoms with Crippen LogP contribution < -0.4 is 0 Å². The lowest BCUT2D eigenvalue weighted by molar-refractivity contribution is 0.00175. The normalized spacial score (nSPS) is 13.1. The summed E-state index contributed by atoms with van der Waals surface area (Å²) in [6.45, 7) is 7.53. The summed E-state index contributed by atoms with van der Waals surface area (Å²) in [5.41, 5.74) is 1.68. The van der Waals surface area contributed by atoms with Gasteiger partial charge in [0.15, 0.2) is 0 Å². The SMILES string of the molecule is CCOC(=O)OC(C)CC(C)OC(=O)c1ccc(CC)cc1. The highest BCUT2D eigenvalue weighted by Gasteiger charge is 2.17. The highest BCUT2D eigenvalue weighted by molar-refractivity contribution is 5.89. The van der Waals surface area contributed by atoms with Crippen molar-refractivity contribution in [2.75, 3.05) is 6.61 Å². The van der Waals surface area contributed by atoms with Crippen LogP contribution in [0.1, 0.15) is 50.0 Å². The lowest BCUT2D eigenvalue weighted by Crippen LogP contribution is -2.24. The number of hydrogen-bond acceptors (Lipinski definition) is 5. The molecule has 5 nitrogen and oxygen atoms in total. The zero-order valence-electron chi connectivity index (χ0n) is 13.6. The van der Waals surface area contributed by atoms with Crippen LogP contribution in [0, 0.1) is 0 Å². The second-order valence-corrected chi connectivity index (χ2v) is 5.11. The van der Waals surface area contributed by atoms with Gasteiger partial charge in [0, 0.05) is 6.42 Å². The molecule has 1 aromatic carbocycles. The number of carbonyl (C=O) groups excluding carboxylic acids is 2. The summed E-state index contributed by atoms with van der Waals surface area (Å²) in [5, 5.41) is 0. The minimum atomic E-state index is -0.705. The van der Waals surface area contributed by atoms with Crippen LogP contribution in [0.15, 0.2) is 24.3 Å². The van der Waals surface area contributed by atoms with E-state index in [0.717, 1.165) is 6.42 Å². The van der Waals surface area contributed by atoms with E-state index < -0.39 is 6.16 Å². The van der Waals surface area contributed by atoms with Crippen molar-refractivity contribution < 1.29 is 23.8 Å². The molecule has 1 rings (SSSR count). The first kappa shape index (κ1) is 18.0. The van der Waals surface area contributed by atoms with Crippen molar-refractivity contribution in [3.05, 3.63) is 35.4 Å². The Kier molecular flexibility index (Phi) is 7.43. The highest BCUT2D eigenvalue weighted by atomic mass is 16.7.